The van der Waals surface area contributed by atoms with E-state index in [9.17, 15) is 8.42 Å². The lowest BCUT2D eigenvalue weighted by atomic mass is 10.5. The standard InChI is InChI=1S/C7H8BrCl2NO2S2/c8-7-5(10)4-6(14-7)15(12,13)11-3-1-2-9/h4,11H,1-3H2. The van der Waals surface area contributed by atoms with Gasteiger partial charge in [0, 0.05) is 12.4 Å². The molecule has 0 fully saturated rings. The largest absolute Gasteiger partial charge is 0.250 e. The zero-order valence-corrected chi connectivity index (χ0v) is 12.2. The lowest BCUT2D eigenvalue weighted by molar-refractivity contribution is 0.583. The molecular weight excluding hydrogens is 345 g/mol. The molecule has 15 heavy (non-hydrogen) atoms. The first-order valence-corrected chi connectivity index (χ1v) is 7.98. The van der Waals surface area contributed by atoms with Crippen LogP contribution in [0.25, 0.3) is 0 Å². The van der Waals surface area contributed by atoms with E-state index in [1.165, 1.54) is 6.07 Å². The first-order chi connectivity index (χ1) is 6.97. The number of hydrogen-bond donors (Lipinski definition) is 1. The van der Waals surface area contributed by atoms with Gasteiger partial charge in [-0.3, -0.25) is 0 Å². The minimum absolute atomic E-state index is 0.203. The molecule has 1 N–H and O–H groups in total. The van der Waals surface area contributed by atoms with Crippen molar-refractivity contribution in [2.45, 2.75) is 10.6 Å². The highest BCUT2D eigenvalue weighted by Gasteiger charge is 2.18. The predicted octanol–water partition coefficient (Wildman–Crippen LogP) is 3.07. The zero-order valence-electron chi connectivity index (χ0n) is 7.47. The molecule has 0 saturated carbocycles. The molecular formula is C7H8BrCl2NO2S2. The van der Waals surface area contributed by atoms with Gasteiger partial charge < -0.3 is 0 Å². The van der Waals surface area contributed by atoms with Gasteiger partial charge in [-0.1, -0.05) is 11.6 Å². The molecule has 0 aromatic carbocycles. The Morgan fingerprint density at radius 1 is 1.53 bits per heavy atom. The molecule has 86 valence electrons. The summed E-state index contributed by atoms with van der Waals surface area (Å²) in [6, 6.07) is 1.42. The Bertz CT molecular complexity index is 413. The summed E-state index contributed by atoms with van der Waals surface area (Å²) in [7, 11) is -3.44. The molecule has 0 aliphatic heterocycles. The molecule has 0 radical (unpaired) electrons. The van der Waals surface area contributed by atoms with Crippen LogP contribution >= 0.6 is 50.5 Å². The highest BCUT2D eigenvalue weighted by molar-refractivity contribution is 9.11. The number of halogens is 3. The summed E-state index contributed by atoms with van der Waals surface area (Å²) in [6.45, 7) is 0.332. The van der Waals surface area contributed by atoms with Gasteiger partial charge in [0.25, 0.3) is 0 Å². The summed E-state index contributed by atoms with van der Waals surface area (Å²) >= 11 is 15.4. The molecule has 0 aliphatic carbocycles. The summed E-state index contributed by atoms with van der Waals surface area (Å²) in [5.74, 6) is 0.428. The van der Waals surface area contributed by atoms with E-state index in [-0.39, 0.29) is 4.21 Å². The van der Waals surface area contributed by atoms with Gasteiger partial charge >= 0.3 is 0 Å². The van der Waals surface area contributed by atoms with Crippen molar-refractivity contribution in [2.75, 3.05) is 12.4 Å². The second kappa shape index (κ2) is 5.84. The van der Waals surface area contributed by atoms with E-state index in [1.54, 1.807) is 0 Å². The van der Waals surface area contributed by atoms with Crippen LogP contribution < -0.4 is 4.72 Å². The van der Waals surface area contributed by atoms with Gasteiger partial charge in [0.15, 0.2) is 0 Å². The number of sulfonamides is 1. The third-order valence-electron chi connectivity index (χ3n) is 1.49. The van der Waals surface area contributed by atoms with Crippen molar-refractivity contribution >= 4 is 60.5 Å². The molecule has 0 spiro atoms. The number of thiophene rings is 1. The van der Waals surface area contributed by atoms with Crippen LogP contribution in [0.5, 0.6) is 0 Å². The third kappa shape index (κ3) is 3.87. The summed E-state index contributed by atoms with van der Waals surface area (Å²) in [5.41, 5.74) is 0. The van der Waals surface area contributed by atoms with Crippen LogP contribution in [0, 0.1) is 0 Å². The summed E-state index contributed by atoms with van der Waals surface area (Å²) < 4.78 is 26.5. The zero-order chi connectivity index (χ0) is 11.5. The monoisotopic (exact) mass is 351 g/mol. The minimum Gasteiger partial charge on any atom is -0.210 e. The van der Waals surface area contributed by atoms with Crippen molar-refractivity contribution in [1.82, 2.24) is 4.72 Å². The molecule has 0 saturated heterocycles. The van der Waals surface area contributed by atoms with Gasteiger partial charge in [-0.15, -0.1) is 22.9 Å². The lowest BCUT2D eigenvalue weighted by Crippen LogP contribution is -2.24. The van der Waals surface area contributed by atoms with E-state index in [2.05, 4.69) is 20.7 Å². The van der Waals surface area contributed by atoms with Crippen molar-refractivity contribution in [3.05, 3.63) is 14.9 Å². The van der Waals surface area contributed by atoms with Gasteiger partial charge in [0.2, 0.25) is 10.0 Å². The molecule has 0 unspecified atom stereocenters. The topological polar surface area (TPSA) is 46.2 Å². The van der Waals surface area contributed by atoms with Crippen molar-refractivity contribution in [3.63, 3.8) is 0 Å². The minimum atomic E-state index is -3.44. The van der Waals surface area contributed by atoms with Crippen LogP contribution in [0.4, 0.5) is 0 Å². The van der Waals surface area contributed by atoms with E-state index in [1.807, 2.05) is 0 Å². The maximum atomic E-state index is 11.6. The Morgan fingerprint density at radius 3 is 2.67 bits per heavy atom. The highest BCUT2D eigenvalue weighted by atomic mass is 79.9. The molecule has 1 heterocycles. The van der Waals surface area contributed by atoms with E-state index >= 15 is 0 Å². The van der Waals surface area contributed by atoms with Crippen LogP contribution in [0.3, 0.4) is 0 Å². The van der Waals surface area contributed by atoms with Crippen molar-refractivity contribution in [3.8, 4) is 0 Å². The first-order valence-electron chi connectivity index (χ1n) is 3.98. The SMILES string of the molecule is O=S(=O)(NCCCCl)c1cc(Cl)c(Br)s1. The van der Waals surface area contributed by atoms with Gasteiger partial charge in [-0.2, -0.15) is 0 Å². The van der Waals surface area contributed by atoms with Crippen LogP contribution in [0.2, 0.25) is 5.02 Å². The molecule has 0 aliphatic rings. The molecule has 0 atom stereocenters. The van der Waals surface area contributed by atoms with E-state index in [0.717, 1.165) is 11.3 Å². The van der Waals surface area contributed by atoms with Gasteiger partial charge in [0.1, 0.15) is 4.21 Å². The summed E-state index contributed by atoms with van der Waals surface area (Å²) in [4.78, 5) is 0. The Morgan fingerprint density at radius 2 is 2.20 bits per heavy atom. The molecule has 1 aromatic heterocycles. The van der Waals surface area contributed by atoms with E-state index < -0.39 is 10.0 Å². The summed E-state index contributed by atoms with van der Waals surface area (Å²) in [5, 5.41) is 0.401. The fourth-order valence-electron chi connectivity index (χ4n) is 0.804. The summed E-state index contributed by atoms with van der Waals surface area (Å²) in [6.07, 6.45) is 0.598. The van der Waals surface area contributed by atoms with Gasteiger partial charge in [-0.05, 0) is 28.4 Å². The maximum absolute atomic E-state index is 11.6. The molecule has 0 amide bonds. The first kappa shape index (κ1) is 13.7. The smallest absolute Gasteiger partial charge is 0.210 e. The van der Waals surface area contributed by atoms with Crippen LogP contribution in [-0.2, 0) is 10.0 Å². The van der Waals surface area contributed by atoms with E-state index in [0.29, 0.717) is 27.7 Å². The van der Waals surface area contributed by atoms with Crippen LogP contribution in [0.15, 0.2) is 14.1 Å². The normalized spacial score (nSPS) is 11.9. The second-order valence-corrected chi connectivity index (χ2v) is 7.78. The second-order valence-electron chi connectivity index (χ2n) is 2.63. The van der Waals surface area contributed by atoms with Gasteiger partial charge in [0.05, 0.1) is 8.81 Å². The molecule has 8 heteroatoms. The number of nitrogens with one attached hydrogen (secondary N) is 1. The Balaban J connectivity index is 2.77. The lowest BCUT2D eigenvalue weighted by Gasteiger charge is -2.02. The van der Waals surface area contributed by atoms with Crippen molar-refractivity contribution in [2.24, 2.45) is 0 Å². The molecule has 1 aromatic rings. The van der Waals surface area contributed by atoms with Gasteiger partial charge in [-0.25, -0.2) is 13.1 Å². The predicted molar refractivity (Wildman–Crippen MR) is 67.6 cm³/mol. The average molecular weight is 353 g/mol. The van der Waals surface area contributed by atoms with Crippen LogP contribution in [0.1, 0.15) is 6.42 Å². The fraction of sp³-hybridized carbons (Fsp3) is 0.429. The number of rotatable bonds is 5. The van der Waals surface area contributed by atoms with Crippen LogP contribution in [-0.4, -0.2) is 20.8 Å². The average Bonchev–Trinajstić information content (AvgIpc) is 2.48. The number of alkyl halides is 1. The van der Waals surface area contributed by atoms with Crippen molar-refractivity contribution in [1.29, 1.82) is 0 Å². The molecule has 3 nitrogen and oxygen atoms in total. The highest BCUT2D eigenvalue weighted by Crippen LogP contribution is 2.34. The molecule has 1 rings (SSSR count). The Kier molecular flexibility index (Phi) is 5.35. The fourth-order valence-corrected chi connectivity index (χ4v) is 4.45. The van der Waals surface area contributed by atoms with E-state index in [4.69, 9.17) is 23.2 Å². The quantitative estimate of drug-likeness (QED) is 0.653. The molecule has 0 bridgehead atoms. The van der Waals surface area contributed by atoms with Crippen molar-refractivity contribution < 1.29 is 8.42 Å². The Labute approximate surface area is 111 Å². The number of hydrogen-bond acceptors (Lipinski definition) is 3. The third-order valence-corrected chi connectivity index (χ3v) is 6.17. The maximum Gasteiger partial charge on any atom is 0.250 e. The Hall–Kier alpha value is 0.670.